The molecule has 306 valence electrons. The van der Waals surface area contributed by atoms with Gasteiger partial charge in [-0.25, -0.2) is 4.79 Å². The lowest BCUT2D eigenvalue weighted by Gasteiger charge is -2.72. The van der Waals surface area contributed by atoms with E-state index in [0.717, 1.165) is 50.4 Å². The molecule has 0 radical (unpaired) electrons. The lowest BCUT2D eigenvalue weighted by molar-refractivity contribution is -0.222. The van der Waals surface area contributed by atoms with Gasteiger partial charge in [0.15, 0.2) is 0 Å². The predicted molar refractivity (Wildman–Crippen MR) is 236 cm³/mol. The Hall–Kier alpha value is -3.72. The van der Waals surface area contributed by atoms with Crippen LogP contribution in [-0.2, 0) is 4.79 Å². The van der Waals surface area contributed by atoms with Gasteiger partial charge in [0.2, 0.25) is 5.91 Å². The summed E-state index contributed by atoms with van der Waals surface area (Å²) in [4.78, 5) is 26.4. The highest BCUT2D eigenvalue weighted by Gasteiger charge is 2.69. The Kier molecular flexibility index (Phi) is 16.4. The fourth-order valence-corrected chi connectivity index (χ4v) is 13.7. The maximum atomic E-state index is 12.8. The Morgan fingerprint density at radius 3 is 2.04 bits per heavy atom. The van der Waals surface area contributed by atoms with E-state index >= 15 is 0 Å². The van der Waals surface area contributed by atoms with Crippen molar-refractivity contribution < 1.29 is 14.7 Å². The monoisotopic (exact) mass is 763 g/mol. The normalized spacial score (nSPS) is 34.6. The molecule has 56 heavy (non-hydrogen) atoms. The van der Waals surface area contributed by atoms with Crippen LogP contribution in [0.25, 0.3) is 5.57 Å². The minimum atomic E-state index is -0.856. The molecular weight excluding hydrogens is 689 g/mol. The van der Waals surface area contributed by atoms with Crippen LogP contribution in [0.4, 0.5) is 0 Å². The fourth-order valence-electron chi connectivity index (χ4n) is 13.7. The average molecular weight is 763 g/mol. The zero-order chi connectivity index (χ0) is 42.0. The van der Waals surface area contributed by atoms with Crippen LogP contribution in [0.3, 0.4) is 0 Å². The summed E-state index contributed by atoms with van der Waals surface area (Å²) in [5.41, 5.74) is 4.46. The smallest absolute Gasteiger partial charge is 0.335 e. The Balaban J connectivity index is 0.000000867. The Morgan fingerprint density at radius 2 is 1.43 bits per heavy atom. The van der Waals surface area contributed by atoms with Crippen LogP contribution in [0.15, 0.2) is 43.0 Å². The third-order valence-electron chi connectivity index (χ3n) is 16.3. The summed E-state index contributed by atoms with van der Waals surface area (Å²) in [6, 6.07) is 7.63. The van der Waals surface area contributed by atoms with Crippen LogP contribution in [0, 0.1) is 89.3 Å². The number of fused-ring (bicyclic) bond motifs is 7. The number of hydrogen-bond acceptors (Lipinski definition) is 3. The lowest BCUT2D eigenvalue weighted by Crippen LogP contribution is -2.65. The summed E-state index contributed by atoms with van der Waals surface area (Å²) in [5, 5.41) is 13.3. The van der Waals surface area contributed by atoms with Gasteiger partial charge >= 0.3 is 5.97 Å². The zero-order valence-corrected chi connectivity index (χ0v) is 35.9. The maximum absolute atomic E-state index is 12.8. The second kappa shape index (κ2) is 19.6. The number of carbonyl (C=O) groups excluding carboxylic acids is 1. The van der Waals surface area contributed by atoms with Crippen molar-refractivity contribution in [3.05, 3.63) is 54.1 Å². The molecule has 1 aliphatic heterocycles. The van der Waals surface area contributed by atoms with Crippen molar-refractivity contribution in [3.63, 3.8) is 0 Å². The molecular formula is C51H74N2O3. The third kappa shape index (κ3) is 8.44. The van der Waals surface area contributed by atoms with Crippen molar-refractivity contribution in [3.8, 4) is 38.5 Å². The van der Waals surface area contributed by atoms with Gasteiger partial charge in [-0.3, -0.25) is 4.79 Å². The summed E-state index contributed by atoms with van der Waals surface area (Å²) in [7, 11) is 0. The highest BCUT2D eigenvalue weighted by molar-refractivity contribution is 5.88. The van der Waals surface area contributed by atoms with Crippen LogP contribution in [-0.4, -0.2) is 48.1 Å². The van der Waals surface area contributed by atoms with Gasteiger partial charge in [-0.05, 0) is 158 Å². The van der Waals surface area contributed by atoms with E-state index in [9.17, 15) is 14.7 Å². The van der Waals surface area contributed by atoms with Gasteiger partial charge in [0.25, 0.3) is 0 Å². The molecule has 1 amide bonds. The largest absolute Gasteiger partial charge is 0.478 e. The van der Waals surface area contributed by atoms with E-state index in [2.05, 4.69) is 96.0 Å². The molecule has 5 aliphatic carbocycles. The first kappa shape index (κ1) is 46.7. The minimum Gasteiger partial charge on any atom is -0.478 e. The number of carboxylic acid groups (broad SMARTS) is 1. The zero-order valence-electron chi connectivity index (χ0n) is 35.9. The first-order chi connectivity index (χ1) is 26.8. The standard InChI is InChI=1S/C42H62N2O3.C3H6.3C2H2/c1-38(2)31(29-11-13-30(14-12-29)37(46)47)17-21-39(3)34(38)18-22-41(5)35(39)16-15-32-33-10-9-20-42(33,24-23-40(32,41)4)28-43-25-19-36(45)44-26-7-6-8-27-44;1-3-2;3*1-2/h11-14,17,32-35,43H,6-10,15-16,18-28H2,1-5H3,(H,46,47);3H,1H2,2H3;3*1-2H/t32-,33?,34?,35?,39+,40-,41-,42-;;;;/m1..../s1. The number of nitrogens with one attached hydrogen (secondary N) is 1. The minimum absolute atomic E-state index is 0.0467. The van der Waals surface area contributed by atoms with Gasteiger partial charge in [-0.2, -0.15) is 0 Å². The molecule has 1 aromatic carbocycles. The molecule has 5 heteroatoms. The summed E-state index contributed by atoms with van der Waals surface area (Å²) >= 11 is 0. The molecule has 0 bridgehead atoms. The van der Waals surface area contributed by atoms with E-state index in [-0.39, 0.29) is 10.8 Å². The summed E-state index contributed by atoms with van der Waals surface area (Å²) < 4.78 is 0. The molecule has 3 unspecified atom stereocenters. The molecule has 1 saturated heterocycles. The van der Waals surface area contributed by atoms with Crippen molar-refractivity contribution in [1.82, 2.24) is 10.2 Å². The quantitative estimate of drug-likeness (QED) is 0.165. The van der Waals surface area contributed by atoms with Crippen molar-refractivity contribution in [2.45, 2.75) is 131 Å². The number of nitrogens with zero attached hydrogens (tertiary/aromatic N) is 1. The van der Waals surface area contributed by atoms with Crippen LogP contribution < -0.4 is 5.32 Å². The van der Waals surface area contributed by atoms with Crippen LogP contribution in [0.5, 0.6) is 0 Å². The molecule has 1 aromatic rings. The summed E-state index contributed by atoms with van der Waals surface area (Å²) in [6.07, 6.45) is 45.9. The molecule has 6 aliphatic rings. The van der Waals surface area contributed by atoms with Crippen molar-refractivity contribution in [2.75, 3.05) is 26.2 Å². The van der Waals surface area contributed by atoms with Crippen LogP contribution in [0.2, 0.25) is 0 Å². The number of rotatable bonds is 7. The van der Waals surface area contributed by atoms with Crippen molar-refractivity contribution >= 4 is 17.4 Å². The molecule has 2 N–H and O–H groups in total. The van der Waals surface area contributed by atoms with Crippen molar-refractivity contribution in [1.29, 1.82) is 0 Å². The first-order valence-electron chi connectivity index (χ1n) is 21.4. The lowest BCUT2D eigenvalue weighted by atomic mass is 9.32. The van der Waals surface area contributed by atoms with Crippen LogP contribution in [0.1, 0.15) is 147 Å². The molecule has 5 fully saturated rings. The van der Waals surface area contributed by atoms with Gasteiger partial charge in [0.05, 0.1) is 5.56 Å². The second-order valence-corrected chi connectivity index (χ2v) is 18.7. The number of benzene rings is 1. The van der Waals surface area contributed by atoms with Gasteiger partial charge < -0.3 is 15.3 Å². The molecule has 1 heterocycles. The highest BCUT2D eigenvalue weighted by atomic mass is 16.4. The first-order valence-corrected chi connectivity index (χ1v) is 21.4. The summed E-state index contributed by atoms with van der Waals surface area (Å²) in [5.74, 6) is 2.48. The topological polar surface area (TPSA) is 69.6 Å². The van der Waals surface area contributed by atoms with Gasteiger partial charge in [0.1, 0.15) is 0 Å². The van der Waals surface area contributed by atoms with Crippen LogP contribution >= 0.6 is 0 Å². The number of aromatic carboxylic acids is 1. The van der Waals surface area contributed by atoms with E-state index in [4.69, 9.17) is 0 Å². The highest BCUT2D eigenvalue weighted by Crippen LogP contribution is 2.77. The SMILES string of the molecule is C#C.C#C.C#C.C=CC.CC1(C)C(c2ccc(C(=O)O)cc2)=CC[C@@]2(C)C1CC[C@]1(C)C2CC[C@@H]2C3CCC[C@]3(CNCCC(=O)N3CCCCC3)CC[C@]21C. The molecule has 0 aromatic heterocycles. The second-order valence-electron chi connectivity index (χ2n) is 18.7. The number of likely N-dealkylation sites (tertiary alicyclic amines) is 1. The summed E-state index contributed by atoms with van der Waals surface area (Å²) in [6.45, 7) is 22.2. The number of amides is 1. The Labute approximate surface area is 342 Å². The van der Waals surface area contributed by atoms with E-state index in [0.29, 0.717) is 40.1 Å². The maximum Gasteiger partial charge on any atom is 0.335 e. The molecule has 4 saturated carbocycles. The van der Waals surface area contributed by atoms with Gasteiger partial charge in [0, 0.05) is 32.6 Å². The number of piperidine rings is 1. The number of carbonyl (C=O) groups is 2. The molecule has 7 rings (SSSR count). The molecule has 5 nitrogen and oxygen atoms in total. The third-order valence-corrected chi connectivity index (χ3v) is 16.3. The number of carboxylic acids is 1. The Bertz CT molecular complexity index is 1560. The van der Waals surface area contributed by atoms with E-state index in [1.54, 1.807) is 18.2 Å². The number of hydrogen-bond donors (Lipinski definition) is 2. The van der Waals surface area contributed by atoms with Gasteiger partial charge in [-0.1, -0.05) is 65.3 Å². The fraction of sp³-hybridized carbons (Fsp3) is 0.647. The molecule has 0 spiro atoms. The average Bonchev–Trinajstić information content (AvgIpc) is 3.64. The van der Waals surface area contributed by atoms with Crippen molar-refractivity contribution in [2.24, 2.45) is 50.7 Å². The number of terminal acetylenes is 3. The van der Waals surface area contributed by atoms with E-state index < -0.39 is 5.97 Å². The Morgan fingerprint density at radius 1 is 0.804 bits per heavy atom. The van der Waals surface area contributed by atoms with E-state index in [1.165, 1.54) is 88.2 Å². The molecule has 8 atom stereocenters. The van der Waals surface area contributed by atoms with Gasteiger partial charge in [-0.15, -0.1) is 45.1 Å². The predicted octanol–water partition coefficient (Wildman–Crippen LogP) is 11.2. The number of allylic oxidation sites excluding steroid dienone is 3. The van der Waals surface area contributed by atoms with E-state index in [1.807, 2.05) is 19.1 Å².